The van der Waals surface area contributed by atoms with E-state index in [1.807, 2.05) is 0 Å². The number of rotatable bonds is 5. The quantitative estimate of drug-likeness (QED) is 0.819. The monoisotopic (exact) mass is 259 g/mol. The first kappa shape index (κ1) is 13.3. The molecule has 0 aliphatic carbocycles. The van der Waals surface area contributed by atoms with Crippen LogP contribution in [0.5, 0.6) is 0 Å². The molecule has 0 spiro atoms. The van der Waals surface area contributed by atoms with Crippen LogP contribution in [0.4, 0.5) is 0 Å². The molecule has 0 aromatic carbocycles. The Morgan fingerprint density at radius 1 is 1.35 bits per heavy atom. The lowest BCUT2D eigenvalue weighted by Gasteiger charge is -2.47. The van der Waals surface area contributed by atoms with E-state index in [4.69, 9.17) is 0 Å². The van der Waals surface area contributed by atoms with Crippen LogP contribution in [0.25, 0.3) is 0 Å². The molecule has 1 unspecified atom stereocenters. The average molecular weight is 259 g/mol. The summed E-state index contributed by atoms with van der Waals surface area (Å²) in [5, 5.41) is 3.35. The van der Waals surface area contributed by atoms with Crippen molar-refractivity contribution in [1.29, 1.82) is 0 Å². The Hall–Kier alpha value is -0.0900. The first-order chi connectivity index (χ1) is 7.94. The molecule has 1 N–H and O–H groups in total. The lowest BCUT2D eigenvalue weighted by Crippen LogP contribution is -2.57. The second-order valence-corrected chi connectivity index (χ2v) is 8.58. The molecular weight excluding hydrogens is 234 g/mol. The predicted octanol–water partition coefficient (Wildman–Crippen LogP) is 1.84. The first-order valence-electron chi connectivity index (χ1n) is 6.85. The summed E-state index contributed by atoms with van der Waals surface area (Å²) in [5.74, 6) is 2.04. The Kier molecular flexibility index (Phi) is 3.83. The van der Waals surface area contributed by atoms with Gasteiger partial charge in [0.15, 0.2) is 9.84 Å². The van der Waals surface area contributed by atoms with Crippen molar-refractivity contribution >= 4 is 9.84 Å². The molecular formula is C13H25NO2S. The van der Waals surface area contributed by atoms with E-state index in [2.05, 4.69) is 19.2 Å². The first-order valence-corrected chi connectivity index (χ1v) is 8.67. The molecule has 0 radical (unpaired) electrons. The van der Waals surface area contributed by atoms with E-state index in [1.54, 1.807) is 0 Å². The number of hydrogen-bond acceptors (Lipinski definition) is 3. The van der Waals surface area contributed by atoms with Crippen LogP contribution in [-0.2, 0) is 9.84 Å². The van der Waals surface area contributed by atoms with Crippen LogP contribution < -0.4 is 5.32 Å². The van der Waals surface area contributed by atoms with Gasteiger partial charge in [0.25, 0.3) is 0 Å². The van der Waals surface area contributed by atoms with E-state index in [0.29, 0.717) is 22.8 Å². The Labute approximate surface area is 105 Å². The van der Waals surface area contributed by atoms with Gasteiger partial charge in [0.2, 0.25) is 0 Å². The molecule has 2 heterocycles. The lowest BCUT2D eigenvalue weighted by atomic mass is 9.67. The second kappa shape index (κ2) is 4.88. The molecule has 0 saturated carbocycles. The summed E-state index contributed by atoms with van der Waals surface area (Å²) in [6.07, 6.45) is 4.61. The van der Waals surface area contributed by atoms with Gasteiger partial charge in [-0.1, -0.05) is 26.7 Å². The maximum absolute atomic E-state index is 11.6. The Balaban J connectivity index is 1.91. The third-order valence-corrected chi connectivity index (χ3v) is 6.28. The minimum atomic E-state index is -2.72. The fourth-order valence-electron chi connectivity index (χ4n) is 3.26. The minimum Gasteiger partial charge on any atom is -0.316 e. The number of nitrogens with one attached hydrogen (secondary N) is 1. The number of sulfone groups is 1. The Bertz CT molecular complexity index is 358. The summed E-state index contributed by atoms with van der Waals surface area (Å²) in [7, 11) is -2.72. The van der Waals surface area contributed by atoms with E-state index in [9.17, 15) is 8.42 Å². The smallest absolute Gasteiger partial charge is 0.150 e. The molecule has 2 aliphatic heterocycles. The zero-order valence-electron chi connectivity index (χ0n) is 11.0. The van der Waals surface area contributed by atoms with Crippen LogP contribution >= 0.6 is 0 Å². The van der Waals surface area contributed by atoms with Crippen molar-refractivity contribution < 1.29 is 8.42 Å². The molecule has 0 bridgehead atoms. The highest BCUT2D eigenvalue weighted by atomic mass is 32.2. The molecule has 100 valence electrons. The third kappa shape index (κ3) is 3.02. The average Bonchev–Trinajstić information content (AvgIpc) is 2.50. The fourth-order valence-corrected chi connectivity index (χ4v) is 5.20. The van der Waals surface area contributed by atoms with Crippen LogP contribution in [0.3, 0.4) is 0 Å². The maximum atomic E-state index is 11.6. The SMILES string of the molecule is CC(C)CCCC1(C2CCS(=O)(=O)C2)CNC1. The highest BCUT2D eigenvalue weighted by molar-refractivity contribution is 7.91. The molecule has 4 heteroatoms. The molecule has 2 rings (SSSR count). The Morgan fingerprint density at radius 3 is 2.47 bits per heavy atom. The summed E-state index contributed by atoms with van der Waals surface area (Å²) in [6.45, 7) is 6.58. The second-order valence-electron chi connectivity index (χ2n) is 6.35. The van der Waals surface area contributed by atoms with Crippen LogP contribution in [0.2, 0.25) is 0 Å². The van der Waals surface area contributed by atoms with Gasteiger partial charge in [0.1, 0.15) is 0 Å². The molecule has 2 fully saturated rings. The summed E-state index contributed by atoms with van der Waals surface area (Å²) in [6, 6.07) is 0. The predicted molar refractivity (Wildman–Crippen MR) is 70.8 cm³/mol. The zero-order valence-corrected chi connectivity index (χ0v) is 11.9. The van der Waals surface area contributed by atoms with Crippen molar-refractivity contribution in [2.24, 2.45) is 17.3 Å². The summed E-state index contributed by atoms with van der Waals surface area (Å²) >= 11 is 0. The molecule has 0 aromatic heterocycles. The van der Waals surface area contributed by atoms with Crippen molar-refractivity contribution in [3.05, 3.63) is 0 Å². The summed E-state index contributed by atoms with van der Waals surface area (Å²) in [5.41, 5.74) is 0.304. The van der Waals surface area contributed by atoms with Crippen molar-refractivity contribution in [3.63, 3.8) is 0 Å². The molecule has 0 aromatic rings. The van der Waals surface area contributed by atoms with Gasteiger partial charge >= 0.3 is 0 Å². The lowest BCUT2D eigenvalue weighted by molar-refractivity contribution is 0.0761. The van der Waals surface area contributed by atoms with Crippen LogP contribution in [0.1, 0.15) is 39.5 Å². The largest absolute Gasteiger partial charge is 0.316 e. The molecule has 3 nitrogen and oxygen atoms in total. The summed E-state index contributed by atoms with van der Waals surface area (Å²) < 4.78 is 23.2. The van der Waals surface area contributed by atoms with Gasteiger partial charge in [-0.25, -0.2) is 8.42 Å². The topological polar surface area (TPSA) is 46.2 Å². The van der Waals surface area contributed by atoms with Crippen LogP contribution in [-0.4, -0.2) is 33.0 Å². The highest BCUT2D eigenvalue weighted by Gasteiger charge is 2.47. The molecule has 2 aliphatic rings. The molecule has 17 heavy (non-hydrogen) atoms. The van der Waals surface area contributed by atoms with E-state index in [1.165, 1.54) is 19.3 Å². The van der Waals surface area contributed by atoms with Crippen molar-refractivity contribution in [2.75, 3.05) is 24.6 Å². The highest BCUT2D eigenvalue weighted by Crippen LogP contribution is 2.43. The minimum absolute atomic E-state index is 0.304. The van der Waals surface area contributed by atoms with Crippen molar-refractivity contribution in [3.8, 4) is 0 Å². The van der Waals surface area contributed by atoms with Gasteiger partial charge in [-0.15, -0.1) is 0 Å². The number of hydrogen-bond donors (Lipinski definition) is 1. The van der Waals surface area contributed by atoms with Gasteiger partial charge in [0.05, 0.1) is 11.5 Å². The van der Waals surface area contributed by atoms with E-state index in [-0.39, 0.29) is 0 Å². The van der Waals surface area contributed by atoms with Gasteiger partial charge < -0.3 is 5.32 Å². The normalized spacial score (nSPS) is 30.4. The van der Waals surface area contributed by atoms with Gasteiger partial charge in [-0.2, -0.15) is 0 Å². The maximum Gasteiger partial charge on any atom is 0.150 e. The van der Waals surface area contributed by atoms with Gasteiger partial charge in [-0.05, 0) is 30.1 Å². The van der Waals surface area contributed by atoms with Crippen LogP contribution in [0, 0.1) is 17.3 Å². The molecule has 2 saturated heterocycles. The Morgan fingerprint density at radius 2 is 2.06 bits per heavy atom. The van der Waals surface area contributed by atoms with E-state index >= 15 is 0 Å². The van der Waals surface area contributed by atoms with Gasteiger partial charge in [-0.3, -0.25) is 0 Å². The van der Waals surface area contributed by atoms with E-state index < -0.39 is 9.84 Å². The van der Waals surface area contributed by atoms with Crippen molar-refractivity contribution in [2.45, 2.75) is 39.5 Å². The van der Waals surface area contributed by atoms with Gasteiger partial charge in [0, 0.05) is 13.1 Å². The fraction of sp³-hybridized carbons (Fsp3) is 1.00. The zero-order chi connectivity index (χ0) is 12.5. The van der Waals surface area contributed by atoms with E-state index in [0.717, 1.165) is 25.4 Å². The van der Waals surface area contributed by atoms with Crippen molar-refractivity contribution in [1.82, 2.24) is 5.32 Å². The molecule has 1 atom stereocenters. The standard InChI is InChI=1S/C13H25NO2S/c1-11(2)4-3-6-13(9-14-10-13)12-5-7-17(15,16)8-12/h11-12,14H,3-10H2,1-2H3. The summed E-state index contributed by atoms with van der Waals surface area (Å²) in [4.78, 5) is 0. The van der Waals surface area contributed by atoms with Crippen LogP contribution in [0.15, 0.2) is 0 Å². The third-order valence-electron chi connectivity index (χ3n) is 4.51. The molecule has 0 amide bonds.